The molecule has 188 valence electrons. The van der Waals surface area contributed by atoms with Crippen molar-refractivity contribution < 1.29 is 23.7 Å². The molecule has 0 saturated carbocycles. The Kier molecular flexibility index (Phi) is 7.59. The van der Waals surface area contributed by atoms with Crippen molar-refractivity contribution >= 4 is 23.4 Å². The Morgan fingerprint density at radius 1 is 1.06 bits per heavy atom. The highest BCUT2D eigenvalue weighted by molar-refractivity contribution is 7.07. The largest absolute Gasteiger partial charge is 0.497 e. The van der Waals surface area contributed by atoms with E-state index in [1.165, 1.54) is 15.9 Å². The molecule has 0 fully saturated rings. The molecule has 0 N–H and O–H groups in total. The molecule has 3 aromatic rings. The standard InChI is InChI=1S/C27H28N2O6S/c1-6-34-18-10-8-17(9-11-18)14-22-25(30)29-24(20-15-19(32-4)12-13-21(20)33-5)23(26(31)35-7-2)16(3)28-27(29)36-22/h8-15,24H,6-7H2,1-5H3/b22-14+/t24-/m1/s1. The Balaban J connectivity index is 1.95. The van der Waals surface area contributed by atoms with Crippen molar-refractivity contribution in [2.24, 2.45) is 4.99 Å². The highest BCUT2D eigenvalue weighted by Gasteiger charge is 2.35. The first-order valence-electron chi connectivity index (χ1n) is 11.6. The van der Waals surface area contributed by atoms with E-state index in [4.69, 9.17) is 18.9 Å². The zero-order valence-corrected chi connectivity index (χ0v) is 21.7. The van der Waals surface area contributed by atoms with E-state index in [1.807, 2.05) is 37.3 Å². The molecule has 0 saturated heterocycles. The summed E-state index contributed by atoms with van der Waals surface area (Å²) < 4.78 is 23.9. The Hall–Kier alpha value is -3.85. The molecule has 1 aliphatic heterocycles. The third-order valence-electron chi connectivity index (χ3n) is 5.74. The molecule has 1 atom stereocenters. The summed E-state index contributed by atoms with van der Waals surface area (Å²) in [6.07, 6.45) is 1.81. The number of aromatic nitrogens is 1. The van der Waals surface area contributed by atoms with Gasteiger partial charge in [0, 0.05) is 5.56 Å². The predicted molar refractivity (Wildman–Crippen MR) is 138 cm³/mol. The summed E-state index contributed by atoms with van der Waals surface area (Å²) in [7, 11) is 3.10. The van der Waals surface area contributed by atoms with Crippen molar-refractivity contribution in [2.45, 2.75) is 26.8 Å². The van der Waals surface area contributed by atoms with E-state index in [0.717, 1.165) is 11.3 Å². The van der Waals surface area contributed by atoms with Crippen molar-refractivity contribution in [1.29, 1.82) is 0 Å². The van der Waals surface area contributed by atoms with E-state index in [0.29, 0.717) is 38.7 Å². The summed E-state index contributed by atoms with van der Waals surface area (Å²) in [5.74, 6) is 1.31. The molecule has 36 heavy (non-hydrogen) atoms. The number of allylic oxidation sites excluding steroid dienone is 1. The molecule has 8 nitrogen and oxygen atoms in total. The minimum Gasteiger partial charge on any atom is -0.497 e. The fourth-order valence-corrected chi connectivity index (χ4v) is 5.16. The Labute approximate surface area is 212 Å². The van der Waals surface area contributed by atoms with Crippen LogP contribution in [0, 0.1) is 0 Å². The predicted octanol–water partition coefficient (Wildman–Crippen LogP) is 3.21. The summed E-state index contributed by atoms with van der Waals surface area (Å²) in [5, 5.41) is 0. The molecule has 9 heteroatoms. The van der Waals surface area contributed by atoms with Crippen molar-refractivity contribution in [3.8, 4) is 17.2 Å². The average molecular weight is 509 g/mol. The molecule has 1 aromatic heterocycles. The zero-order chi connectivity index (χ0) is 25.8. The van der Waals surface area contributed by atoms with Crippen LogP contribution in [0.15, 0.2) is 63.5 Å². The summed E-state index contributed by atoms with van der Waals surface area (Å²) in [4.78, 5) is 32.0. The van der Waals surface area contributed by atoms with Crippen LogP contribution in [0.5, 0.6) is 17.2 Å². The molecule has 0 unspecified atom stereocenters. The molecular weight excluding hydrogens is 480 g/mol. The first-order valence-corrected chi connectivity index (χ1v) is 12.4. The first kappa shape index (κ1) is 25.2. The van der Waals surface area contributed by atoms with Crippen LogP contribution < -0.4 is 29.1 Å². The highest BCUT2D eigenvalue weighted by Crippen LogP contribution is 2.37. The molecule has 0 bridgehead atoms. The van der Waals surface area contributed by atoms with Gasteiger partial charge in [-0.25, -0.2) is 9.79 Å². The number of benzene rings is 2. The number of hydrogen-bond acceptors (Lipinski definition) is 8. The third-order valence-corrected chi connectivity index (χ3v) is 6.72. The van der Waals surface area contributed by atoms with E-state index in [-0.39, 0.29) is 17.7 Å². The van der Waals surface area contributed by atoms with Crippen LogP contribution in [0.4, 0.5) is 0 Å². The number of fused-ring (bicyclic) bond motifs is 1. The monoisotopic (exact) mass is 508 g/mol. The lowest BCUT2D eigenvalue weighted by atomic mass is 9.94. The summed E-state index contributed by atoms with van der Waals surface area (Å²) in [6.45, 7) is 6.18. The minimum absolute atomic E-state index is 0.194. The lowest BCUT2D eigenvalue weighted by Gasteiger charge is -2.26. The van der Waals surface area contributed by atoms with E-state index >= 15 is 0 Å². The van der Waals surface area contributed by atoms with E-state index < -0.39 is 12.0 Å². The average Bonchev–Trinajstić information content (AvgIpc) is 3.18. The van der Waals surface area contributed by atoms with Gasteiger partial charge in [0.15, 0.2) is 4.80 Å². The number of ether oxygens (including phenoxy) is 4. The quantitative estimate of drug-likeness (QED) is 0.434. The molecule has 0 radical (unpaired) electrons. The van der Waals surface area contributed by atoms with Crippen LogP contribution in [-0.4, -0.2) is 38.0 Å². The first-order chi connectivity index (χ1) is 17.4. The minimum atomic E-state index is -0.798. The van der Waals surface area contributed by atoms with Crippen molar-refractivity contribution in [3.05, 3.63) is 84.5 Å². The van der Waals surface area contributed by atoms with Gasteiger partial charge in [0.1, 0.15) is 23.3 Å². The Bertz CT molecular complexity index is 1480. The highest BCUT2D eigenvalue weighted by atomic mass is 32.1. The fourth-order valence-electron chi connectivity index (χ4n) is 4.12. The van der Waals surface area contributed by atoms with Gasteiger partial charge in [-0.1, -0.05) is 23.5 Å². The second kappa shape index (κ2) is 10.8. The van der Waals surface area contributed by atoms with Gasteiger partial charge in [-0.15, -0.1) is 0 Å². The Morgan fingerprint density at radius 2 is 1.78 bits per heavy atom. The number of methoxy groups -OCH3 is 2. The van der Waals surface area contributed by atoms with E-state index in [2.05, 4.69) is 4.99 Å². The fraction of sp³-hybridized carbons (Fsp3) is 0.296. The Morgan fingerprint density at radius 3 is 2.42 bits per heavy atom. The van der Waals surface area contributed by atoms with Crippen LogP contribution in [0.25, 0.3) is 6.08 Å². The smallest absolute Gasteiger partial charge is 0.338 e. The molecule has 0 aliphatic carbocycles. The normalized spacial score (nSPS) is 15.2. The maximum atomic E-state index is 13.8. The van der Waals surface area contributed by atoms with Crippen LogP contribution in [0.3, 0.4) is 0 Å². The van der Waals surface area contributed by atoms with Gasteiger partial charge in [-0.2, -0.15) is 0 Å². The number of thiazole rings is 1. The van der Waals surface area contributed by atoms with Gasteiger partial charge in [0.25, 0.3) is 5.56 Å². The molecule has 0 spiro atoms. The van der Waals surface area contributed by atoms with Crippen LogP contribution >= 0.6 is 11.3 Å². The molecular formula is C27H28N2O6S. The molecule has 2 aromatic carbocycles. The number of carbonyl (C=O) groups excluding carboxylic acids is 1. The van der Waals surface area contributed by atoms with Crippen LogP contribution in [0.2, 0.25) is 0 Å². The maximum Gasteiger partial charge on any atom is 0.338 e. The molecule has 1 aliphatic rings. The molecule has 0 amide bonds. The van der Waals surface area contributed by atoms with Gasteiger partial charge in [-0.3, -0.25) is 9.36 Å². The van der Waals surface area contributed by atoms with Crippen molar-refractivity contribution in [1.82, 2.24) is 4.57 Å². The topological polar surface area (TPSA) is 88.4 Å². The third kappa shape index (κ3) is 4.79. The molecule has 2 heterocycles. The van der Waals surface area contributed by atoms with Gasteiger partial charge in [0.2, 0.25) is 0 Å². The summed E-state index contributed by atoms with van der Waals surface area (Å²) in [6, 6.07) is 12.0. The SMILES string of the molecule is CCOC(=O)C1=C(C)N=c2s/c(=C/c3ccc(OCC)cc3)c(=O)n2[C@@H]1c1cc(OC)ccc1OC. The van der Waals surface area contributed by atoms with Gasteiger partial charge in [0.05, 0.1) is 43.2 Å². The second-order valence-electron chi connectivity index (χ2n) is 7.91. The summed E-state index contributed by atoms with van der Waals surface area (Å²) >= 11 is 1.26. The maximum absolute atomic E-state index is 13.8. The number of rotatable bonds is 8. The van der Waals surface area contributed by atoms with E-state index in [9.17, 15) is 9.59 Å². The number of hydrogen-bond donors (Lipinski definition) is 0. The second-order valence-corrected chi connectivity index (χ2v) is 8.92. The molecule has 4 rings (SSSR count). The number of esters is 1. The van der Waals surface area contributed by atoms with Crippen LogP contribution in [-0.2, 0) is 9.53 Å². The van der Waals surface area contributed by atoms with Crippen LogP contribution in [0.1, 0.15) is 37.9 Å². The van der Waals surface area contributed by atoms with Crippen molar-refractivity contribution in [2.75, 3.05) is 27.4 Å². The van der Waals surface area contributed by atoms with Crippen molar-refractivity contribution in [3.63, 3.8) is 0 Å². The number of carbonyl (C=O) groups is 1. The lowest BCUT2D eigenvalue weighted by Crippen LogP contribution is -2.40. The summed E-state index contributed by atoms with van der Waals surface area (Å²) in [5.41, 5.74) is 1.95. The number of nitrogens with zero attached hydrogens (tertiary/aromatic N) is 2. The van der Waals surface area contributed by atoms with Gasteiger partial charge < -0.3 is 18.9 Å². The lowest BCUT2D eigenvalue weighted by molar-refractivity contribution is -0.139. The van der Waals surface area contributed by atoms with Gasteiger partial charge in [-0.05, 0) is 62.7 Å². The van der Waals surface area contributed by atoms with Gasteiger partial charge >= 0.3 is 5.97 Å². The van der Waals surface area contributed by atoms with E-state index in [1.54, 1.807) is 46.3 Å². The zero-order valence-electron chi connectivity index (χ0n) is 20.9.